The third-order valence-corrected chi connectivity index (χ3v) is 3.03. The Balaban J connectivity index is 0.00000108. The van der Waals surface area contributed by atoms with Crippen LogP contribution in [0.2, 0.25) is 0 Å². The molecule has 0 spiro atoms. The summed E-state index contributed by atoms with van der Waals surface area (Å²) >= 11 is 0. The first kappa shape index (κ1) is 12.2. The minimum Gasteiger partial charge on any atom is -0.197 e. The Morgan fingerprint density at radius 1 is 1.06 bits per heavy atom. The second-order valence-corrected chi connectivity index (χ2v) is 4.06. The predicted octanol–water partition coefficient (Wildman–Crippen LogP) is 4.09. The van der Waals surface area contributed by atoms with Crippen molar-refractivity contribution in [2.75, 3.05) is 0 Å². The van der Waals surface area contributed by atoms with Gasteiger partial charge in [-0.15, -0.1) is 23.3 Å². The fourth-order valence-corrected chi connectivity index (χ4v) is 2.25. The number of allylic oxidation sites excluding steroid dienone is 8. The van der Waals surface area contributed by atoms with Crippen LogP contribution in [0.5, 0.6) is 0 Å². The van der Waals surface area contributed by atoms with E-state index in [2.05, 4.69) is 60.7 Å². The second-order valence-electron chi connectivity index (χ2n) is 4.06. The van der Waals surface area contributed by atoms with Gasteiger partial charge in [0.05, 0.1) is 0 Å². The van der Waals surface area contributed by atoms with Gasteiger partial charge in [-0.3, -0.25) is 0 Å². The van der Waals surface area contributed by atoms with Crippen LogP contribution in [-0.2, 0) is 17.1 Å². The maximum absolute atomic E-state index is 3.46. The molecule has 0 aliphatic heterocycles. The third kappa shape index (κ3) is 2.36. The molecule has 86 valence electrons. The first-order chi connectivity index (χ1) is 7.95. The normalized spacial score (nSPS) is 17.3. The van der Waals surface area contributed by atoms with Crippen LogP contribution in [0, 0.1) is 6.08 Å². The summed E-state index contributed by atoms with van der Waals surface area (Å²) in [6, 6.07) is 10.6. The van der Waals surface area contributed by atoms with Crippen LogP contribution in [0.3, 0.4) is 0 Å². The molecule has 0 heterocycles. The summed E-state index contributed by atoms with van der Waals surface area (Å²) in [5.74, 6) is 0. The SMILES string of the molecule is [C-]1=C(C2=CC=CC2)C(c2ccccc2)=CC1.[Fe]. The topological polar surface area (TPSA) is 0 Å². The van der Waals surface area contributed by atoms with Crippen LogP contribution < -0.4 is 0 Å². The molecule has 0 bridgehead atoms. The van der Waals surface area contributed by atoms with Gasteiger partial charge >= 0.3 is 0 Å². The van der Waals surface area contributed by atoms with Gasteiger partial charge in [0, 0.05) is 17.1 Å². The molecule has 0 saturated carbocycles. The Morgan fingerprint density at radius 3 is 2.59 bits per heavy atom. The van der Waals surface area contributed by atoms with Gasteiger partial charge in [0.15, 0.2) is 0 Å². The molecule has 0 fully saturated rings. The van der Waals surface area contributed by atoms with Crippen LogP contribution >= 0.6 is 0 Å². The van der Waals surface area contributed by atoms with E-state index in [1.54, 1.807) is 0 Å². The Hall–Kier alpha value is -1.30. The summed E-state index contributed by atoms with van der Waals surface area (Å²) in [6.45, 7) is 0. The maximum atomic E-state index is 3.46. The second kappa shape index (κ2) is 5.35. The summed E-state index contributed by atoms with van der Waals surface area (Å²) in [7, 11) is 0. The number of hydrogen-bond acceptors (Lipinski definition) is 0. The Morgan fingerprint density at radius 2 is 1.88 bits per heavy atom. The van der Waals surface area contributed by atoms with E-state index >= 15 is 0 Å². The van der Waals surface area contributed by atoms with E-state index in [1.165, 1.54) is 22.3 Å². The van der Waals surface area contributed by atoms with Crippen molar-refractivity contribution in [3.05, 3.63) is 77.4 Å². The molecule has 17 heavy (non-hydrogen) atoms. The summed E-state index contributed by atoms with van der Waals surface area (Å²) < 4.78 is 0. The molecular formula is C16H13Fe-. The van der Waals surface area contributed by atoms with Gasteiger partial charge in [0.2, 0.25) is 0 Å². The van der Waals surface area contributed by atoms with Gasteiger partial charge < -0.3 is 0 Å². The van der Waals surface area contributed by atoms with Crippen molar-refractivity contribution in [2.45, 2.75) is 12.8 Å². The molecule has 1 heteroatoms. The van der Waals surface area contributed by atoms with E-state index in [9.17, 15) is 0 Å². The van der Waals surface area contributed by atoms with E-state index in [0.29, 0.717) is 0 Å². The first-order valence-electron chi connectivity index (χ1n) is 5.68. The van der Waals surface area contributed by atoms with Crippen LogP contribution in [0.15, 0.2) is 65.8 Å². The molecule has 0 radical (unpaired) electrons. The summed E-state index contributed by atoms with van der Waals surface area (Å²) in [5, 5.41) is 0. The molecule has 2 aliphatic rings. The van der Waals surface area contributed by atoms with Crippen LogP contribution in [0.25, 0.3) is 5.57 Å². The van der Waals surface area contributed by atoms with Crippen molar-refractivity contribution in [1.29, 1.82) is 0 Å². The minimum atomic E-state index is 0. The molecule has 0 saturated heterocycles. The van der Waals surface area contributed by atoms with Crippen molar-refractivity contribution in [3.63, 3.8) is 0 Å². The van der Waals surface area contributed by atoms with Crippen molar-refractivity contribution < 1.29 is 17.1 Å². The zero-order valence-electron chi connectivity index (χ0n) is 9.46. The van der Waals surface area contributed by atoms with Gasteiger partial charge in [-0.25, -0.2) is 0 Å². The number of hydrogen-bond donors (Lipinski definition) is 0. The maximum Gasteiger partial charge on any atom is 0 e. The predicted molar refractivity (Wildman–Crippen MR) is 67.6 cm³/mol. The smallest absolute Gasteiger partial charge is 0 e. The Kier molecular flexibility index (Phi) is 3.83. The van der Waals surface area contributed by atoms with Crippen molar-refractivity contribution in [2.24, 2.45) is 0 Å². The average molecular weight is 261 g/mol. The zero-order valence-corrected chi connectivity index (χ0v) is 10.6. The molecule has 3 rings (SSSR count). The van der Waals surface area contributed by atoms with Gasteiger partial charge in [-0.1, -0.05) is 60.9 Å². The van der Waals surface area contributed by atoms with Gasteiger partial charge in [0.25, 0.3) is 0 Å². The molecular weight excluding hydrogens is 248 g/mol. The molecule has 0 nitrogen and oxygen atoms in total. The molecule has 0 aromatic heterocycles. The monoisotopic (exact) mass is 261 g/mol. The molecule has 1 aromatic carbocycles. The molecule has 1 aromatic rings. The minimum absolute atomic E-state index is 0. The molecule has 2 aliphatic carbocycles. The molecule has 0 atom stereocenters. The molecule has 0 N–H and O–H groups in total. The summed E-state index contributed by atoms with van der Waals surface area (Å²) in [6.07, 6.45) is 14.2. The van der Waals surface area contributed by atoms with E-state index < -0.39 is 0 Å². The van der Waals surface area contributed by atoms with Crippen LogP contribution in [-0.4, -0.2) is 0 Å². The standard InChI is InChI=1S/C16H13.Fe/c1-2-7-13(8-3-1)15-11-6-12-16(15)14-9-4-5-10-14;/h1-5,7-9,11H,6,10H2;/q-1;. The van der Waals surface area contributed by atoms with E-state index in [-0.39, 0.29) is 17.1 Å². The Labute approximate surface area is 113 Å². The summed E-state index contributed by atoms with van der Waals surface area (Å²) in [5.41, 5.74) is 5.34. The summed E-state index contributed by atoms with van der Waals surface area (Å²) in [4.78, 5) is 0. The van der Waals surface area contributed by atoms with Gasteiger partial charge in [0.1, 0.15) is 0 Å². The largest absolute Gasteiger partial charge is 0.197 e. The van der Waals surface area contributed by atoms with E-state index in [0.717, 1.165) is 12.8 Å². The van der Waals surface area contributed by atoms with Crippen molar-refractivity contribution in [3.8, 4) is 0 Å². The van der Waals surface area contributed by atoms with E-state index in [4.69, 9.17) is 0 Å². The number of rotatable bonds is 2. The van der Waals surface area contributed by atoms with Gasteiger partial charge in [-0.2, -0.15) is 11.6 Å². The Bertz CT molecular complexity index is 516. The van der Waals surface area contributed by atoms with Crippen LogP contribution in [0.1, 0.15) is 18.4 Å². The van der Waals surface area contributed by atoms with Crippen molar-refractivity contribution in [1.82, 2.24) is 0 Å². The van der Waals surface area contributed by atoms with E-state index in [1.807, 2.05) is 0 Å². The van der Waals surface area contributed by atoms with Crippen LogP contribution in [0.4, 0.5) is 0 Å². The number of benzene rings is 1. The fraction of sp³-hybridized carbons (Fsp3) is 0.125. The molecule has 0 unspecified atom stereocenters. The van der Waals surface area contributed by atoms with Crippen molar-refractivity contribution >= 4 is 5.57 Å². The fourth-order valence-electron chi connectivity index (χ4n) is 2.25. The average Bonchev–Trinajstić information content (AvgIpc) is 3.01. The quantitative estimate of drug-likeness (QED) is 0.555. The first-order valence-corrected chi connectivity index (χ1v) is 5.68. The zero-order chi connectivity index (χ0) is 10.8. The van der Waals surface area contributed by atoms with Gasteiger partial charge in [-0.05, 0) is 0 Å². The third-order valence-electron chi connectivity index (χ3n) is 3.03. The molecule has 0 amide bonds.